The highest BCUT2D eigenvalue weighted by Gasteiger charge is 2.25. The average Bonchev–Trinajstić information content (AvgIpc) is 3.05. The summed E-state index contributed by atoms with van der Waals surface area (Å²) in [5.41, 5.74) is 3.81. The molecule has 6 heteroatoms. The van der Waals surface area contributed by atoms with Crippen LogP contribution in [0, 0.1) is 0 Å². The van der Waals surface area contributed by atoms with E-state index < -0.39 is 0 Å². The number of benzene rings is 2. The molecule has 2 aromatic carbocycles. The molecule has 0 bridgehead atoms. The fourth-order valence-electron chi connectivity index (χ4n) is 3.50. The van der Waals surface area contributed by atoms with Crippen molar-refractivity contribution in [2.24, 2.45) is 0 Å². The van der Waals surface area contributed by atoms with Gasteiger partial charge >= 0.3 is 0 Å². The first-order chi connectivity index (χ1) is 12.3. The van der Waals surface area contributed by atoms with E-state index >= 15 is 0 Å². The summed E-state index contributed by atoms with van der Waals surface area (Å²) in [6, 6.07) is 14.6. The Kier molecular flexibility index (Phi) is 4.09. The predicted octanol–water partition coefficient (Wildman–Crippen LogP) is 2.62. The van der Waals surface area contributed by atoms with E-state index in [1.807, 2.05) is 16.8 Å². The van der Waals surface area contributed by atoms with Gasteiger partial charge in [-0.15, -0.1) is 5.10 Å². The molecule has 4 rings (SSSR count). The molecule has 0 saturated carbocycles. The third-order valence-electron chi connectivity index (χ3n) is 4.76. The molecule has 0 amide bonds. The molecule has 0 saturated heterocycles. The standard InChI is InChI=1S/C19H20N4O2/c1-24-17-8-7-13(10-18(17)25-2)9-16-11-14-5-3-4-6-15(14)12-23-19(16)20-21-22-23/h3-8,10,16H,9,11-12H2,1-2H3. The summed E-state index contributed by atoms with van der Waals surface area (Å²) < 4.78 is 12.7. The molecular formula is C19H20N4O2. The first kappa shape index (κ1) is 15.6. The second kappa shape index (κ2) is 6.55. The minimum atomic E-state index is 0.219. The van der Waals surface area contributed by atoms with Gasteiger partial charge in [-0.25, -0.2) is 4.68 Å². The van der Waals surface area contributed by atoms with Crippen LogP contribution in [0.3, 0.4) is 0 Å². The smallest absolute Gasteiger partial charge is 0.160 e. The summed E-state index contributed by atoms with van der Waals surface area (Å²) >= 11 is 0. The Hall–Kier alpha value is -2.89. The third-order valence-corrected chi connectivity index (χ3v) is 4.76. The molecule has 0 spiro atoms. The van der Waals surface area contributed by atoms with E-state index in [-0.39, 0.29) is 5.92 Å². The summed E-state index contributed by atoms with van der Waals surface area (Å²) in [5, 5.41) is 12.4. The number of hydrogen-bond acceptors (Lipinski definition) is 5. The summed E-state index contributed by atoms with van der Waals surface area (Å²) in [7, 11) is 3.30. The number of rotatable bonds is 4. The number of aromatic nitrogens is 4. The van der Waals surface area contributed by atoms with Crippen LogP contribution in [0.1, 0.15) is 28.4 Å². The molecule has 128 valence electrons. The lowest BCUT2D eigenvalue weighted by Crippen LogP contribution is -2.11. The second-order valence-corrected chi connectivity index (χ2v) is 6.26. The van der Waals surface area contributed by atoms with E-state index in [1.165, 1.54) is 16.7 Å². The van der Waals surface area contributed by atoms with Gasteiger partial charge in [-0.05, 0) is 52.1 Å². The molecule has 0 radical (unpaired) electrons. The predicted molar refractivity (Wildman–Crippen MR) is 93.1 cm³/mol. The molecule has 0 aliphatic carbocycles. The highest BCUT2D eigenvalue weighted by Crippen LogP contribution is 2.32. The van der Waals surface area contributed by atoms with E-state index in [0.717, 1.165) is 36.7 Å². The number of ether oxygens (including phenoxy) is 2. The van der Waals surface area contributed by atoms with Gasteiger partial charge in [-0.3, -0.25) is 0 Å². The number of nitrogens with zero attached hydrogens (tertiary/aromatic N) is 4. The molecule has 3 aromatic rings. The Morgan fingerprint density at radius 1 is 1.04 bits per heavy atom. The molecule has 2 heterocycles. The van der Waals surface area contributed by atoms with Gasteiger partial charge in [-0.1, -0.05) is 30.3 Å². The van der Waals surface area contributed by atoms with Crippen LogP contribution >= 0.6 is 0 Å². The van der Waals surface area contributed by atoms with Crippen LogP contribution in [-0.2, 0) is 19.4 Å². The van der Waals surface area contributed by atoms with Crippen LogP contribution in [-0.4, -0.2) is 34.4 Å². The quantitative estimate of drug-likeness (QED) is 0.733. The monoisotopic (exact) mass is 336 g/mol. The summed E-state index contributed by atoms with van der Waals surface area (Å²) in [6.07, 6.45) is 1.76. The Labute approximate surface area is 146 Å². The highest BCUT2D eigenvalue weighted by molar-refractivity contribution is 5.43. The molecule has 1 unspecified atom stereocenters. The number of methoxy groups -OCH3 is 2. The van der Waals surface area contributed by atoms with E-state index in [9.17, 15) is 0 Å². The lowest BCUT2D eigenvalue weighted by molar-refractivity contribution is 0.354. The van der Waals surface area contributed by atoms with Crippen molar-refractivity contribution in [3.63, 3.8) is 0 Å². The topological polar surface area (TPSA) is 62.1 Å². The Balaban J connectivity index is 1.68. The second-order valence-electron chi connectivity index (χ2n) is 6.26. The first-order valence-corrected chi connectivity index (χ1v) is 8.32. The van der Waals surface area contributed by atoms with Crippen LogP contribution in [0.15, 0.2) is 42.5 Å². The van der Waals surface area contributed by atoms with Crippen LogP contribution in [0.4, 0.5) is 0 Å². The van der Waals surface area contributed by atoms with Crippen molar-refractivity contribution in [2.45, 2.75) is 25.3 Å². The van der Waals surface area contributed by atoms with Crippen LogP contribution in [0.2, 0.25) is 0 Å². The third kappa shape index (κ3) is 2.95. The van der Waals surface area contributed by atoms with Gasteiger partial charge in [0.2, 0.25) is 0 Å². The van der Waals surface area contributed by atoms with Gasteiger partial charge in [0.05, 0.1) is 20.8 Å². The summed E-state index contributed by atoms with van der Waals surface area (Å²) in [4.78, 5) is 0. The molecule has 0 fully saturated rings. The minimum absolute atomic E-state index is 0.219. The van der Waals surface area contributed by atoms with E-state index in [1.54, 1.807) is 14.2 Å². The Morgan fingerprint density at radius 2 is 1.84 bits per heavy atom. The Morgan fingerprint density at radius 3 is 2.64 bits per heavy atom. The highest BCUT2D eigenvalue weighted by atomic mass is 16.5. The zero-order valence-electron chi connectivity index (χ0n) is 14.3. The zero-order valence-corrected chi connectivity index (χ0v) is 14.3. The first-order valence-electron chi connectivity index (χ1n) is 8.32. The van der Waals surface area contributed by atoms with Crippen molar-refractivity contribution >= 4 is 0 Å². The SMILES string of the molecule is COc1ccc(CC2Cc3ccccc3Cn3nnnc32)cc1OC. The van der Waals surface area contributed by atoms with Gasteiger partial charge in [-0.2, -0.15) is 0 Å². The van der Waals surface area contributed by atoms with E-state index in [2.05, 4.69) is 45.9 Å². The maximum absolute atomic E-state index is 5.43. The van der Waals surface area contributed by atoms with E-state index in [0.29, 0.717) is 0 Å². The van der Waals surface area contributed by atoms with Crippen molar-refractivity contribution in [1.29, 1.82) is 0 Å². The molecule has 1 atom stereocenters. The maximum atomic E-state index is 5.43. The lowest BCUT2D eigenvalue weighted by atomic mass is 9.91. The molecule has 25 heavy (non-hydrogen) atoms. The molecule has 1 aromatic heterocycles. The van der Waals surface area contributed by atoms with Crippen molar-refractivity contribution in [1.82, 2.24) is 20.2 Å². The van der Waals surface area contributed by atoms with Gasteiger partial charge in [0.1, 0.15) is 0 Å². The molecule has 6 nitrogen and oxygen atoms in total. The van der Waals surface area contributed by atoms with Gasteiger partial charge < -0.3 is 9.47 Å². The fourth-order valence-corrected chi connectivity index (χ4v) is 3.50. The normalized spacial score (nSPS) is 15.8. The number of fused-ring (bicyclic) bond motifs is 2. The average molecular weight is 336 g/mol. The molecule has 1 aliphatic heterocycles. The Bertz CT molecular complexity index is 891. The number of hydrogen-bond donors (Lipinski definition) is 0. The van der Waals surface area contributed by atoms with Crippen LogP contribution < -0.4 is 9.47 Å². The summed E-state index contributed by atoms with van der Waals surface area (Å²) in [5.74, 6) is 2.64. The molecular weight excluding hydrogens is 316 g/mol. The van der Waals surface area contributed by atoms with Crippen molar-refractivity contribution in [3.05, 3.63) is 65.0 Å². The molecule has 1 aliphatic rings. The largest absolute Gasteiger partial charge is 0.493 e. The van der Waals surface area contributed by atoms with Crippen LogP contribution in [0.5, 0.6) is 11.5 Å². The summed E-state index contributed by atoms with van der Waals surface area (Å²) in [6.45, 7) is 0.723. The van der Waals surface area contributed by atoms with Crippen molar-refractivity contribution < 1.29 is 9.47 Å². The minimum Gasteiger partial charge on any atom is -0.493 e. The number of tetrazole rings is 1. The van der Waals surface area contributed by atoms with Gasteiger partial charge in [0.25, 0.3) is 0 Å². The lowest BCUT2D eigenvalue weighted by Gasteiger charge is -2.15. The van der Waals surface area contributed by atoms with Crippen molar-refractivity contribution in [2.75, 3.05) is 14.2 Å². The van der Waals surface area contributed by atoms with E-state index in [4.69, 9.17) is 9.47 Å². The molecule has 0 N–H and O–H groups in total. The van der Waals surface area contributed by atoms with Gasteiger partial charge in [0, 0.05) is 5.92 Å². The van der Waals surface area contributed by atoms with Gasteiger partial charge in [0.15, 0.2) is 17.3 Å². The van der Waals surface area contributed by atoms with Crippen molar-refractivity contribution in [3.8, 4) is 11.5 Å². The fraction of sp³-hybridized carbons (Fsp3) is 0.316. The maximum Gasteiger partial charge on any atom is 0.160 e. The zero-order chi connectivity index (χ0) is 17.2. The van der Waals surface area contributed by atoms with Crippen LogP contribution in [0.25, 0.3) is 0 Å².